The fourth-order valence-corrected chi connectivity index (χ4v) is 1.96. The van der Waals surface area contributed by atoms with E-state index in [9.17, 15) is 18.7 Å². The van der Waals surface area contributed by atoms with Gasteiger partial charge in [0.15, 0.2) is 0 Å². The lowest BCUT2D eigenvalue weighted by Crippen LogP contribution is -2.34. The molecular formula is C16H23F2NO3. The maximum absolute atomic E-state index is 13.6. The Hall–Kier alpha value is -1.69. The molecule has 124 valence electrons. The van der Waals surface area contributed by atoms with Crippen LogP contribution in [-0.2, 0) is 11.2 Å². The number of carbonyl (C=O) groups excluding carboxylic acids is 1. The first kappa shape index (κ1) is 18.4. The van der Waals surface area contributed by atoms with Gasteiger partial charge in [-0.2, -0.15) is 0 Å². The normalized spacial score (nSPS) is 12.8. The summed E-state index contributed by atoms with van der Waals surface area (Å²) in [6.45, 7) is 5.39. The Morgan fingerprint density at radius 2 is 2.05 bits per heavy atom. The van der Waals surface area contributed by atoms with Gasteiger partial charge in [0.1, 0.15) is 17.2 Å². The first-order chi connectivity index (χ1) is 10.2. The molecule has 22 heavy (non-hydrogen) atoms. The SMILES string of the molecule is CC(C)(C)OC(=O)NCC[C@@H](CO)Cc1cc(F)ccc1F. The van der Waals surface area contributed by atoms with Crippen LogP contribution in [0.15, 0.2) is 18.2 Å². The van der Waals surface area contributed by atoms with Crippen molar-refractivity contribution in [2.45, 2.75) is 39.2 Å². The summed E-state index contributed by atoms with van der Waals surface area (Å²) < 4.78 is 31.8. The molecule has 2 N–H and O–H groups in total. The number of nitrogens with one attached hydrogen (secondary N) is 1. The third kappa shape index (κ3) is 6.85. The molecule has 0 saturated carbocycles. The van der Waals surface area contributed by atoms with Crippen molar-refractivity contribution < 1.29 is 23.4 Å². The van der Waals surface area contributed by atoms with Crippen molar-refractivity contribution in [3.05, 3.63) is 35.4 Å². The monoisotopic (exact) mass is 315 g/mol. The van der Waals surface area contributed by atoms with Crippen LogP contribution in [0.5, 0.6) is 0 Å². The predicted molar refractivity (Wildman–Crippen MR) is 79.5 cm³/mol. The van der Waals surface area contributed by atoms with Crippen LogP contribution >= 0.6 is 0 Å². The molecule has 1 amide bonds. The lowest BCUT2D eigenvalue weighted by molar-refractivity contribution is 0.0522. The molecule has 0 aliphatic heterocycles. The molecule has 1 atom stereocenters. The molecule has 0 spiro atoms. The van der Waals surface area contributed by atoms with E-state index in [0.717, 1.165) is 18.2 Å². The fourth-order valence-electron chi connectivity index (χ4n) is 1.96. The summed E-state index contributed by atoms with van der Waals surface area (Å²) in [7, 11) is 0. The number of alkyl carbamates (subject to hydrolysis) is 1. The second-order valence-electron chi connectivity index (χ2n) is 6.21. The minimum absolute atomic E-state index is 0.175. The van der Waals surface area contributed by atoms with Crippen molar-refractivity contribution >= 4 is 6.09 Å². The summed E-state index contributed by atoms with van der Waals surface area (Å²) in [5, 5.41) is 11.9. The van der Waals surface area contributed by atoms with Crippen LogP contribution in [0.25, 0.3) is 0 Å². The van der Waals surface area contributed by atoms with Crippen molar-refractivity contribution in [2.75, 3.05) is 13.2 Å². The lowest BCUT2D eigenvalue weighted by atomic mass is 9.96. The van der Waals surface area contributed by atoms with Crippen molar-refractivity contribution in [3.8, 4) is 0 Å². The quantitative estimate of drug-likeness (QED) is 0.848. The molecule has 0 aromatic heterocycles. The third-order valence-electron chi connectivity index (χ3n) is 3.00. The van der Waals surface area contributed by atoms with E-state index < -0.39 is 23.3 Å². The largest absolute Gasteiger partial charge is 0.444 e. The van der Waals surface area contributed by atoms with E-state index in [1.807, 2.05) is 0 Å². The number of amides is 1. The van der Waals surface area contributed by atoms with Gasteiger partial charge < -0.3 is 15.2 Å². The molecule has 6 heteroatoms. The highest BCUT2D eigenvalue weighted by Gasteiger charge is 2.17. The minimum Gasteiger partial charge on any atom is -0.444 e. The molecule has 0 radical (unpaired) electrons. The molecule has 0 saturated heterocycles. The van der Waals surface area contributed by atoms with Crippen molar-refractivity contribution in [1.29, 1.82) is 0 Å². The van der Waals surface area contributed by atoms with Crippen LogP contribution in [-0.4, -0.2) is 30.0 Å². The fraction of sp³-hybridized carbons (Fsp3) is 0.562. The van der Waals surface area contributed by atoms with E-state index in [1.165, 1.54) is 0 Å². The minimum atomic E-state index is -0.578. The smallest absolute Gasteiger partial charge is 0.407 e. The average molecular weight is 315 g/mol. The zero-order chi connectivity index (χ0) is 16.8. The number of hydrogen-bond donors (Lipinski definition) is 2. The van der Waals surface area contributed by atoms with Crippen LogP contribution in [0.4, 0.5) is 13.6 Å². The van der Waals surface area contributed by atoms with Crippen molar-refractivity contribution in [1.82, 2.24) is 5.32 Å². The third-order valence-corrected chi connectivity index (χ3v) is 3.00. The van der Waals surface area contributed by atoms with Gasteiger partial charge in [0.25, 0.3) is 0 Å². The highest BCUT2D eigenvalue weighted by atomic mass is 19.1. The van der Waals surface area contributed by atoms with Gasteiger partial charge in [-0.25, -0.2) is 13.6 Å². The Morgan fingerprint density at radius 1 is 1.36 bits per heavy atom. The van der Waals surface area contributed by atoms with Gasteiger partial charge in [-0.1, -0.05) is 0 Å². The standard InChI is InChI=1S/C16H23F2NO3/c1-16(2,3)22-15(21)19-7-6-11(10-20)8-12-9-13(17)4-5-14(12)18/h4-5,9,11,20H,6-8,10H2,1-3H3,(H,19,21)/t11-/m1/s1. The Labute approximate surface area is 129 Å². The number of carbonyl (C=O) groups is 1. The van der Waals surface area contributed by atoms with Crippen molar-refractivity contribution in [3.63, 3.8) is 0 Å². The predicted octanol–water partition coefficient (Wildman–Crippen LogP) is 3.03. The molecule has 1 aromatic carbocycles. The Bertz CT molecular complexity index is 501. The van der Waals surface area contributed by atoms with E-state index in [1.54, 1.807) is 20.8 Å². The second kappa shape index (κ2) is 8.08. The first-order valence-electron chi connectivity index (χ1n) is 7.23. The van der Waals surface area contributed by atoms with Crippen LogP contribution in [0, 0.1) is 17.6 Å². The molecule has 0 bridgehead atoms. The summed E-state index contributed by atoms with van der Waals surface area (Å²) >= 11 is 0. The van der Waals surface area contributed by atoms with E-state index >= 15 is 0 Å². The molecule has 0 heterocycles. The zero-order valence-electron chi connectivity index (χ0n) is 13.2. The second-order valence-corrected chi connectivity index (χ2v) is 6.21. The molecule has 0 aliphatic carbocycles. The average Bonchev–Trinajstić information content (AvgIpc) is 2.39. The maximum Gasteiger partial charge on any atom is 0.407 e. The van der Waals surface area contributed by atoms with E-state index in [-0.39, 0.29) is 31.1 Å². The number of halogens is 2. The highest BCUT2D eigenvalue weighted by molar-refractivity contribution is 5.67. The first-order valence-corrected chi connectivity index (χ1v) is 7.23. The van der Waals surface area contributed by atoms with Gasteiger partial charge >= 0.3 is 6.09 Å². The molecule has 0 unspecified atom stereocenters. The van der Waals surface area contributed by atoms with Gasteiger partial charge in [-0.05, 0) is 63.3 Å². The van der Waals surface area contributed by atoms with Gasteiger partial charge in [-0.15, -0.1) is 0 Å². The van der Waals surface area contributed by atoms with Crippen LogP contribution in [0.1, 0.15) is 32.8 Å². The van der Waals surface area contributed by atoms with E-state index in [0.29, 0.717) is 6.42 Å². The van der Waals surface area contributed by atoms with Gasteiger partial charge in [-0.3, -0.25) is 0 Å². The van der Waals surface area contributed by atoms with Gasteiger partial charge in [0.2, 0.25) is 0 Å². The lowest BCUT2D eigenvalue weighted by Gasteiger charge is -2.20. The maximum atomic E-state index is 13.6. The summed E-state index contributed by atoms with van der Waals surface area (Å²) in [4.78, 5) is 11.5. The van der Waals surface area contributed by atoms with Crippen molar-refractivity contribution in [2.24, 2.45) is 5.92 Å². The number of ether oxygens (including phenoxy) is 1. The van der Waals surface area contributed by atoms with E-state index in [2.05, 4.69) is 5.32 Å². The van der Waals surface area contributed by atoms with E-state index in [4.69, 9.17) is 4.74 Å². The van der Waals surface area contributed by atoms with Crippen LogP contribution in [0.2, 0.25) is 0 Å². The Balaban J connectivity index is 2.46. The molecule has 0 fully saturated rings. The number of benzene rings is 1. The molecular weight excluding hydrogens is 292 g/mol. The Kier molecular flexibility index (Phi) is 6.74. The van der Waals surface area contributed by atoms with Crippen LogP contribution in [0.3, 0.4) is 0 Å². The highest BCUT2D eigenvalue weighted by Crippen LogP contribution is 2.16. The molecule has 0 aliphatic rings. The molecule has 4 nitrogen and oxygen atoms in total. The number of rotatable bonds is 6. The Morgan fingerprint density at radius 3 is 2.64 bits per heavy atom. The summed E-state index contributed by atoms with van der Waals surface area (Å²) in [6.07, 6.45) is 0.100. The zero-order valence-corrected chi connectivity index (χ0v) is 13.2. The van der Waals surface area contributed by atoms with Crippen LogP contribution < -0.4 is 5.32 Å². The molecule has 1 aromatic rings. The number of aliphatic hydroxyl groups excluding tert-OH is 1. The summed E-state index contributed by atoms with van der Waals surface area (Å²) in [5.74, 6) is -1.29. The number of hydrogen-bond acceptors (Lipinski definition) is 3. The summed E-state index contributed by atoms with van der Waals surface area (Å²) in [6, 6.07) is 3.24. The van der Waals surface area contributed by atoms with Gasteiger partial charge in [0, 0.05) is 13.2 Å². The molecule has 1 rings (SSSR count). The summed E-state index contributed by atoms with van der Waals surface area (Å²) in [5.41, 5.74) is -0.359. The van der Waals surface area contributed by atoms with Gasteiger partial charge in [0.05, 0.1) is 0 Å². The topological polar surface area (TPSA) is 58.6 Å². The number of aliphatic hydroxyl groups is 1.